The van der Waals surface area contributed by atoms with Crippen molar-refractivity contribution in [1.29, 1.82) is 0 Å². The van der Waals surface area contributed by atoms with Crippen molar-refractivity contribution in [2.24, 2.45) is 0 Å². The average molecular weight is 140 g/mol. The van der Waals surface area contributed by atoms with Gasteiger partial charge in [-0.3, -0.25) is 0 Å². The molecule has 1 aromatic heterocycles. The lowest BCUT2D eigenvalue weighted by Crippen LogP contribution is -1.95. The van der Waals surface area contributed by atoms with Crippen molar-refractivity contribution in [3.63, 3.8) is 0 Å². The second kappa shape index (κ2) is 2.75. The largest absolute Gasteiger partial charge is 0.231 e. The molecule has 2 nitrogen and oxygen atoms in total. The molecule has 3 heteroatoms. The zero-order valence-electron chi connectivity index (χ0n) is 5.60. The molecule has 0 aliphatic heterocycles. The number of aryl methyl sites for hydroxylation is 1. The number of rotatable bonds is 1. The van der Waals surface area contributed by atoms with Crippen LogP contribution in [0.2, 0.25) is 0 Å². The quantitative estimate of drug-likeness (QED) is 0.543. The number of aromatic nitrogens is 1. The topological polar surface area (TPSA) is 32.8 Å². The highest BCUT2D eigenvalue weighted by Gasteiger charge is 2.03. The van der Waals surface area contributed by atoms with Gasteiger partial charge in [0, 0.05) is 11.8 Å². The van der Waals surface area contributed by atoms with E-state index in [2.05, 4.69) is 4.98 Å². The minimum absolute atomic E-state index is 0.169. The van der Waals surface area contributed by atoms with E-state index in [1.165, 1.54) is 6.20 Å². The minimum atomic E-state index is -0.644. The van der Waals surface area contributed by atoms with Crippen LogP contribution in [0, 0.1) is 12.9 Å². The van der Waals surface area contributed by atoms with Gasteiger partial charge in [0.05, 0.1) is 0 Å². The fourth-order valence-electron chi connectivity index (χ4n) is 0.729. The monoisotopic (exact) mass is 140 g/mol. The van der Waals surface area contributed by atoms with Crippen LogP contribution in [-0.2, 0) is 11.7 Å². The molecule has 1 radical (unpaired) electrons. The van der Waals surface area contributed by atoms with Gasteiger partial charge in [-0.25, -0.2) is 10.1 Å². The molecule has 0 aliphatic rings. The van der Waals surface area contributed by atoms with Gasteiger partial charge in [0.1, 0.15) is 6.61 Å². The third-order valence-corrected chi connectivity index (χ3v) is 1.38. The first-order valence-corrected chi connectivity index (χ1v) is 2.94. The van der Waals surface area contributed by atoms with E-state index in [1.807, 2.05) is 0 Å². The molecule has 0 unspecified atom stereocenters. The Morgan fingerprint density at radius 2 is 2.40 bits per heavy atom. The molecular formula is C7H7FNO. The van der Waals surface area contributed by atoms with Crippen molar-refractivity contribution >= 4 is 0 Å². The summed E-state index contributed by atoms with van der Waals surface area (Å²) in [4.78, 5) is 3.34. The Hall–Kier alpha value is -0.960. The molecule has 0 aromatic carbocycles. The highest BCUT2D eigenvalue weighted by Crippen LogP contribution is 2.08. The molecule has 0 bridgehead atoms. The SMILES string of the molecule is Cc1ccnc(F)c1C[O]. The standard InChI is InChI=1S/C7H7FNO/c1-5-2-3-9-7(8)6(5)4-10/h2-3H,4H2,1H3. The molecule has 1 aromatic rings. The van der Waals surface area contributed by atoms with Crippen LogP contribution in [0.3, 0.4) is 0 Å². The number of nitrogens with zero attached hydrogens (tertiary/aromatic N) is 1. The summed E-state index contributed by atoms with van der Waals surface area (Å²) in [5.41, 5.74) is 0.838. The van der Waals surface area contributed by atoms with Crippen LogP contribution in [0.5, 0.6) is 0 Å². The van der Waals surface area contributed by atoms with Gasteiger partial charge < -0.3 is 0 Å². The zero-order valence-corrected chi connectivity index (χ0v) is 5.60. The Balaban J connectivity index is 3.17. The van der Waals surface area contributed by atoms with E-state index in [0.29, 0.717) is 5.56 Å². The van der Waals surface area contributed by atoms with E-state index in [4.69, 9.17) is 0 Å². The van der Waals surface area contributed by atoms with Crippen molar-refractivity contribution in [2.75, 3.05) is 0 Å². The average Bonchev–Trinajstić information content (AvgIpc) is 1.88. The first kappa shape index (κ1) is 7.15. The molecule has 53 valence electrons. The van der Waals surface area contributed by atoms with Crippen LogP contribution in [0.1, 0.15) is 11.1 Å². The normalized spacial score (nSPS) is 9.90. The van der Waals surface area contributed by atoms with Gasteiger partial charge in [-0.05, 0) is 18.6 Å². The molecule has 0 atom stereocenters. The van der Waals surface area contributed by atoms with Gasteiger partial charge in [0.25, 0.3) is 0 Å². The third kappa shape index (κ3) is 1.14. The molecule has 0 aliphatic carbocycles. The highest BCUT2D eigenvalue weighted by atomic mass is 19.1. The van der Waals surface area contributed by atoms with Crippen molar-refractivity contribution in [1.82, 2.24) is 4.98 Å². The maximum atomic E-state index is 12.5. The van der Waals surface area contributed by atoms with Crippen molar-refractivity contribution < 1.29 is 9.50 Å². The summed E-state index contributed by atoms with van der Waals surface area (Å²) >= 11 is 0. The summed E-state index contributed by atoms with van der Waals surface area (Å²) < 4.78 is 12.5. The minimum Gasteiger partial charge on any atom is -0.231 e. The molecule has 10 heavy (non-hydrogen) atoms. The summed E-state index contributed by atoms with van der Waals surface area (Å²) in [7, 11) is 0. The Bertz CT molecular complexity index is 217. The molecule has 1 heterocycles. The van der Waals surface area contributed by atoms with Gasteiger partial charge in [-0.2, -0.15) is 4.39 Å². The predicted octanol–water partition coefficient (Wildman–Crippen LogP) is 1.46. The summed E-state index contributed by atoms with van der Waals surface area (Å²) in [5, 5.41) is 10.3. The molecule has 0 amide bonds. The van der Waals surface area contributed by atoms with Crippen LogP contribution in [0.15, 0.2) is 12.3 Å². The lowest BCUT2D eigenvalue weighted by molar-refractivity contribution is 0.172. The van der Waals surface area contributed by atoms with E-state index >= 15 is 0 Å². The first-order valence-electron chi connectivity index (χ1n) is 2.94. The summed E-state index contributed by atoms with van der Waals surface area (Å²) in [5.74, 6) is -0.644. The lowest BCUT2D eigenvalue weighted by atomic mass is 10.2. The second-order valence-corrected chi connectivity index (χ2v) is 2.04. The van der Waals surface area contributed by atoms with E-state index in [-0.39, 0.29) is 5.56 Å². The van der Waals surface area contributed by atoms with Crippen LogP contribution in [0.4, 0.5) is 4.39 Å². The van der Waals surface area contributed by atoms with Crippen molar-refractivity contribution in [3.05, 3.63) is 29.3 Å². The molecule has 0 spiro atoms. The summed E-state index contributed by atoms with van der Waals surface area (Å²) in [6.45, 7) is 1.16. The van der Waals surface area contributed by atoms with E-state index < -0.39 is 12.6 Å². The highest BCUT2D eigenvalue weighted by molar-refractivity contribution is 5.21. The van der Waals surface area contributed by atoms with E-state index in [9.17, 15) is 9.50 Å². The van der Waals surface area contributed by atoms with Crippen molar-refractivity contribution in [2.45, 2.75) is 13.5 Å². The maximum absolute atomic E-state index is 12.5. The second-order valence-electron chi connectivity index (χ2n) is 2.04. The molecule has 0 N–H and O–H groups in total. The molecule has 0 saturated carbocycles. The van der Waals surface area contributed by atoms with Crippen LogP contribution < -0.4 is 0 Å². The van der Waals surface area contributed by atoms with Gasteiger partial charge in [0.15, 0.2) is 0 Å². The zero-order chi connectivity index (χ0) is 7.56. The summed E-state index contributed by atoms with van der Waals surface area (Å²) in [6, 6.07) is 1.62. The Kier molecular flexibility index (Phi) is 1.97. The number of hydrogen-bond donors (Lipinski definition) is 0. The van der Waals surface area contributed by atoms with Crippen LogP contribution in [-0.4, -0.2) is 4.98 Å². The van der Waals surface area contributed by atoms with Gasteiger partial charge in [-0.15, -0.1) is 0 Å². The molecular weight excluding hydrogens is 133 g/mol. The fourth-order valence-corrected chi connectivity index (χ4v) is 0.729. The van der Waals surface area contributed by atoms with Gasteiger partial charge in [0.2, 0.25) is 5.95 Å². The number of hydrogen-bond acceptors (Lipinski definition) is 1. The molecule has 0 fully saturated rings. The Morgan fingerprint density at radius 1 is 1.70 bits per heavy atom. The first-order chi connectivity index (χ1) is 4.75. The van der Waals surface area contributed by atoms with Crippen LogP contribution in [0.25, 0.3) is 0 Å². The van der Waals surface area contributed by atoms with Gasteiger partial charge >= 0.3 is 0 Å². The third-order valence-electron chi connectivity index (χ3n) is 1.38. The van der Waals surface area contributed by atoms with E-state index in [0.717, 1.165) is 0 Å². The van der Waals surface area contributed by atoms with E-state index in [1.54, 1.807) is 13.0 Å². The smallest absolute Gasteiger partial charge is 0.218 e. The number of pyridine rings is 1. The maximum Gasteiger partial charge on any atom is 0.218 e. The Labute approximate surface area is 58.3 Å². The predicted molar refractivity (Wildman–Crippen MR) is 33.3 cm³/mol. The van der Waals surface area contributed by atoms with Gasteiger partial charge in [-0.1, -0.05) is 0 Å². The lowest BCUT2D eigenvalue weighted by Gasteiger charge is -1.98. The molecule has 1 rings (SSSR count). The molecule has 0 saturated heterocycles. The summed E-state index contributed by atoms with van der Waals surface area (Å²) in [6.07, 6.45) is 1.35. The van der Waals surface area contributed by atoms with Crippen LogP contribution >= 0.6 is 0 Å². The van der Waals surface area contributed by atoms with Crippen molar-refractivity contribution in [3.8, 4) is 0 Å². The Morgan fingerprint density at radius 3 is 2.80 bits per heavy atom. The number of halogens is 1. The fraction of sp³-hybridized carbons (Fsp3) is 0.286.